The summed E-state index contributed by atoms with van der Waals surface area (Å²) in [5, 5.41) is 5.06. The Balaban J connectivity index is 2.08. The van der Waals surface area contributed by atoms with E-state index < -0.39 is 0 Å². The molecule has 1 saturated carbocycles. The predicted octanol–water partition coefficient (Wildman–Crippen LogP) is 4.89. The van der Waals surface area contributed by atoms with Crippen molar-refractivity contribution in [2.24, 2.45) is 0 Å². The molecule has 0 spiro atoms. The molecular formula is C15H14BrClN2O. The number of aldehydes is 1. The highest BCUT2D eigenvalue weighted by Gasteiger charge is 2.24. The number of hydrogen-bond acceptors (Lipinski definition) is 2. The number of rotatable bonds is 3. The summed E-state index contributed by atoms with van der Waals surface area (Å²) in [5.41, 5.74) is 2.07. The van der Waals surface area contributed by atoms with Crippen molar-refractivity contribution in [3.63, 3.8) is 0 Å². The Morgan fingerprint density at radius 1 is 1.25 bits per heavy atom. The quantitative estimate of drug-likeness (QED) is 0.736. The molecule has 0 amide bonds. The van der Waals surface area contributed by atoms with Gasteiger partial charge in [-0.15, -0.1) is 0 Å². The SMILES string of the molecule is O=Cc1c(-c2ccc(Br)cc2)nn(C2CCCC2)c1Cl. The second kappa shape index (κ2) is 5.70. The number of hydrogen-bond donors (Lipinski definition) is 0. The van der Waals surface area contributed by atoms with Crippen molar-refractivity contribution in [2.45, 2.75) is 31.7 Å². The lowest BCUT2D eigenvalue weighted by Crippen LogP contribution is -2.06. The molecule has 1 aliphatic rings. The minimum Gasteiger partial charge on any atom is -0.298 e. The van der Waals surface area contributed by atoms with Crippen molar-refractivity contribution in [2.75, 3.05) is 0 Å². The van der Waals surface area contributed by atoms with Gasteiger partial charge in [0.05, 0.1) is 11.6 Å². The van der Waals surface area contributed by atoms with Gasteiger partial charge in [-0.3, -0.25) is 4.79 Å². The largest absolute Gasteiger partial charge is 0.298 e. The molecule has 3 rings (SSSR count). The van der Waals surface area contributed by atoms with E-state index in [1.165, 1.54) is 12.8 Å². The maximum atomic E-state index is 11.4. The van der Waals surface area contributed by atoms with Gasteiger partial charge in [0.2, 0.25) is 0 Å². The molecule has 0 bridgehead atoms. The van der Waals surface area contributed by atoms with Crippen molar-refractivity contribution in [3.05, 3.63) is 39.5 Å². The topological polar surface area (TPSA) is 34.9 Å². The molecule has 2 aromatic rings. The van der Waals surface area contributed by atoms with E-state index in [-0.39, 0.29) is 0 Å². The Bertz CT molecular complexity index is 630. The fourth-order valence-corrected chi connectivity index (χ4v) is 3.32. The average molecular weight is 354 g/mol. The van der Waals surface area contributed by atoms with E-state index in [2.05, 4.69) is 21.0 Å². The van der Waals surface area contributed by atoms with Gasteiger partial charge in [-0.2, -0.15) is 5.10 Å². The molecule has 20 heavy (non-hydrogen) atoms. The van der Waals surface area contributed by atoms with Crippen molar-refractivity contribution in [1.82, 2.24) is 9.78 Å². The second-order valence-corrected chi connectivity index (χ2v) is 6.33. The fourth-order valence-electron chi connectivity index (χ4n) is 2.74. The van der Waals surface area contributed by atoms with E-state index in [1.807, 2.05) is 28.9 Å². The molecule has 1 aromatic heterocycles. The third kappa shape index (κ3) is 2.42. The Morgan fingerprint density at radius 3 is 2.50 bits per heavy atom. The van der Waals surface area contributed by atoms with E-state index in [4.69, 9.17) is 11.6 Å². The smallest absolute Gasteiger partial charge is 0.155 e. The highest BCUT2D eigenvalue weighted by atomic mass is 79.9. The van der Waals surface area contributed by atoms with Crippen molar-refractivity contribution in [3.8, 4) is 11.3 Å². The van der Waals surface area contributed by atoms with Crippen LogP contribution in [0.25, 0.3) is 11.3 Å². The summed E-state index contributed by atoms with van der Waals surface area (Å²) < 4.78 is 2.82. The molecular weight excluding hydrogens is 340 g/mol. The van der Waals surface area contributed by atoms with Crippen LogP contribution in [0.2, 0.25) is 5.15 Å². The van der Waals surface area contributed by atoms with E-state index in [0.717, 1.165) is 29.2 Å². The molecule has 5 heteroatoms. The summed E-state index contributed by atoms with van der Waals surface area (Å²) in [5.74, 6) is 0. The normalized spacial score (nSPS) is 15.7. The molecule has 1 aliphatic carbocycles. The van der Waals surface area contributed by atoms with E-state index in [1.54, 1.807) is 0 Å². The number of carbonyl (C=O) groups excluding carboxylic acids is 1. The van der Waals surface area contributed by atoms with Crippen molar-refractivity contribution < 1.29 is 4.79 Å². The first-order chi connectivity index (χ1) is 9.70. The average Bonchev–Trinajstić information content (AvgIpc) is 3.07. The van der Waals surface area contributed by atoms with Gasteiger partial charge in [-0.25, -0.2) is 4.68 Å². The van der Waals surface area contributed by atoms with Crippen LogP contribution in [0.15, 0.2) is 28.7 Å². The highest BCUT2D eigenvalue weighted by molar-refractivity contribution is 9.10. The molecule has 0 N–H and O–H groups in total. The van der Waals surface area contributed by atoms with Crippen LogP contribution in [0, 0.1) is 0 Å². The Labute approximate surface area is 131 Å². The summed E-state index contributed by atoms with van der Waals surface area (Å²) in [7, 11) is 0. The number of nitrogens with zero attached hydrogens (tertiary/aromatic N) is 2. The minimum absolute atomic E-state index is 0.324. The van der Waals surface area contributed by atoms with Crippen LogP contribution in [0.5, 0.6) is 0 Å². The predicted molar refractivity (Wildman–Crippen MR) is 83.3 cm³/mol. The first-order valence-electron chi connectivity index (χ1n) is 6.70. The third-order valence-corrected chi connectivity index (χ3v) is 4.70. The molecule has 0 saturated heterocycles. The first kappa shape index (κ1) is 13.8. The lowest BCUT2D eigenvalue weighted by molar-refractivity contribution is 0.112. The van der Waals surface area contributed by atoms with Gasteiger partial charge in [0.25, 0.3) is 0 Å². The van der Waals surface area contributed by atoms with Crippen LogP contribution >= 0.6 is 27.5 Å². The molecule has 0 atom stereocenters. The zero-order chi connectivity index (χ0) is 14.1. The first-order valence-corrected chi connectivity index (χ1v) is 7.87. The van der Waals surface area contributed by atoms with Gasteiger partial charge in [0.1, 0.15) is 10.8 Å². The van der Waals surface area contributed by atoms with Crippen LogP contribution < -0.4 is 0 Å². The molecule has 104 valence electrons. The van der Waals surface area contributed by atoms with E-state index >= 15 is 0 Å². The molecule has 0 unspecified atom stereocenters. The summed E-state index contributed by atoms with van der Waals surface area (Å²) in [6.07, 6.45) is 5.37. The standard InChI is InChI=1S/C15H14BrClN2O/c16-11-7-5-10(6-8-11)14-13(9-20)15(17)19(18-14)12-3-1-2-4-12/h5-9,12H,1-4H2. The van der Waals surface area contributed by atoms with Crippen LogP contribution in [0.4, 0.5) is 0 Å². The van der Waals surface area contributed by atoms with Gasteiger partial charge in [0.15, 0.2) is 6.29 Å². The highest BCUT2D eigenvalue weighted by Crippen LogP contribution is 2.36. The zero-order valence-corrected chi connectivity index (χ0v) is 13.2. The fraction of sp³-hybridized carbons (Fsp3) is 0.333. The van der Waals surface area contributed by atoms with Crippen molar-refractivity contribution in [1.29, 1.82) is 0 Å². The summed E-state index contributed by atoms with van der Waals surface area (Å²) in [4.78, 5) is 11.4. The Morgan fingerprint density at radius 2 is 1.90 bits per heavy atom. The number of carbonyl (C=O) groups is 1. The van der Waals surface area contributed by atoms with Gasteiger partial charge in [-0.05, 0) is 25.0 Å². The monoisotopic (exact) mass is 352 g/mol. The van der Waals surface area contributed by atoms with Crippen LogP contribution in [0.1, 0.15) is 42.1 Å². The Hall–Kier alpha value is -1.13. The van der Waals surface area contributed by atoms with Gasteiger partial charge >= 0.3 is 0 Å². The maximum Gasteiger partial charge on any atom is 0.155 e. The molecule has 0 aliphatic heterocycles. The van der Waals surface area contributed by atoms with E-state index in [9.17, 15) is 4.79 Å². The zero-order valence-electron chi connectivity index (χ0n) is 10.9. The number of aromatic nitrogens is 2. The second-order valence-electron chi connectivity index (χ2n) is 5.06. The van der Waals surface area contributed by atoms with Crippen LogP contribution in [0.3, 0.4) is 0 Å². The lowest BCUT2D eigenvalue weighted by Gasteiger charge is -2.10. The summed E-state index contributed by atoms with van der Waals surface area (Å²) >= 11 is 9.76. The number of benzene rings is 1. The van der Waals surface area contributed by atoms with Gasteiger partial charge < -0.3 is 0 Å². The molecule has 1 aromatic carbocycles. The van der Waals surface area contributed by atoms with E-state index in [0.29, 0.717) is 22.5 Å². The van der Waals surface area contributed by atoms with Gasteiger partial charge in [0, 0.05) is 10.0 Å². The Kier molecular flexibility index (Phi) is 3.94. The lowest BCUT2D eigenvalue weighted by atomic mass is 10.1. The third-order valence-electron chi connectivity index (χ3n) is 3.79. The van der Waals surface area contributed by atoms with Crippen LogP contribution in [-0.2, 0) is 0 Å². The molecule has 0 radical (unpaired) electrons. The summed E-state index contributed by atoms with van der Waals surface area (Å²) in [6.45, 7) is 0. The van der Waals surface area contributed by atoms with Crippen LogP contribution in [-0.4, -0.2) is 16.1 Å². The summed E-state index contributed by atoms with van der Waals surface area (Å²) in [6, 6.07) is 8.08. The molecule has 1 fully saturated rings. The van der Waals surface area contributed by atoms with Crippen molar-refractivity contribution >= 4 is 33.8 Å². The van der Waals surface area contributed by atoms with Gasteiger partial charge in [-0.1, -0.05) is 52.5 Å². The molecule has 3 nitrogen and oxygen atoms in total. The number of halogens is 2. The minimum atomic E-state index is 0.324. The molecule has 1 heterocycles. The maximum absolute atomic E-state index is 11.4.